The van der Waals surface area contributed by atoms with E-state index < -0.39 is 31.4 Å². The normalized spacial score (nSPS) is 18.8. The number of nitro groups is 1. The Balaban J connectivity index is 0.836. The number of hydrogen-bond donors (Lipinski definition) is 3. The summed E-state index contributed by atoms with van der Waals surface area (Å²) in [5.74, 6) is 1.70. The fraction of sp³-hybridized carbons (Fsp3) is 0.429. The molecular weight excluding hydrogens is 961 g/mol. The molecule has 5 heterocycles. The Morgan fingerprint density at radius 2 is 1.70 bits per heavy atom. The lowest BCUT2D eigenvalue weighted by atomic mass is 9.59. The number of H-pyrrole nitrogens is 1. The molecular formula is C56H66N8O9S. The average molecular weight is 1030 g/mol. The van der Waals surface area contributed by atoms with Crippen molar-refractivity contribution in [3.8, 4) is 23.0 Å². The smallest absolute Gasteiger partial charge is 0.293 e. The Kier molecular flexibility index (Phi) is 14.8. The van der Waals surface area contributed by atoms with Gasteiger partial charge in [-0.15, -0.1) is 0 Å². The molecule has 10 rings (SSSR count). The standard InChI is InChI=1S/C56H66N8O9S/c1-37(2)45-7-5-6-8-46(45)50-36-61(35-39-9-14-51(70-3)53(27-39)71-4)23-24-63(50)42-31-56(32-42)18-21-62(22-19-56)41-10-12-47(52(29-41)73-43-28-40-15-20-57-54(40)59-34-43)55(65)60-74(68,69)44-11-13-48(49(30-44)64(66)67)58-33-38-16-25-72-26-17-38/h5-15,20,27-30,34,37-38,42,50,58H,16-19,21-26,31-33,35-36H2,1-4H3,(H,57,59)(H,60,65)/t50-/m0/s1. The molecule has 390 valence electrons. The summed E-state index contributed by atoms with van der Waals surface area (Å²) in [5.41, 5.74) is 5.51. The van der Waals surface area contributed by atoms with E-state index in [0.717, 1.165) is 106 Å². The second kappa shape index (κ2) is 21.6. The predicted molar refractivity (Wildman–Crippen MR) is 284 cm³/mol. The van der Waals surface area contributed by atoms with E-state index in [9.17, 15) is 23.3 Å². The molecule has 0 bridgehead atoms. The number of sulfonamides is 1. The van der Waals surface area contributed by atoms with Crippen molar-refractivity contribution >= 4 is 44.0 Å². The number of anilines is 2. The largest absolute Gasteiger partial charge is 0.493 e. The monoisotopic (exact) mass is 1030 g/mol. The molecule has 1 amide bonds. The number of nitro benzene ring substituents is 1. The fourth-order valence-electron chi connectivity index (χ4n) is 11.6. The third kappa shape index (κ3) is 10.9. The van der Waals surface area contributed by atoms with Crippen LogP contribution in [0.15, 0.2) is 108 Å². The number of aromatic amines is 1. The highest BCUT2D eigenvalue weighted by atomic mass is 32.2. The van der Waals surface area contributed by atoms with Crippen LogP contribution in [0.3, 0.4) is 0 Å². The van der Waals surface area contributed by atoms with Gasteiger partial charge in [-0.25, -0.2) is 18.1 Å². The Labute approximate surface area is 432 Å². The van der Waals surface area contributed by atoms with E-state index in [4.69, 9.17) is 18.9 Å². The van der Waals surface area contributed by atoms with Crippen molar-refractivity contribution in [3.63, 3.8) is 0 Å². The maximum absolute atomic E-state index is 14.1. The number of methoxy groups -OCH3 is 2. The predicted octanol–water partition coefficient (Wildman–Crippen LogP) is 9.67. The summed E-state index contributed by atoms with van der Waals surface area (Å²) < 4.78 is 52.8. The van der Waals surface area contributed by atoms with Gasteiger partial charge in [-0.05, 0) is 121 Å². The van der Waals surface area contributed by atoms with E-state index in [-0.39, 0.29) is 34.4 Å². The van der Waals surface area contributed by atoms with Gasteiger partial charge in [-0.2, -0.15) is 0 Å². The first-order chi connectivity index (χ1) is 35.8. The van der Waals surface area contributed by atoms with Crippen molar-refractivity contribution in [2.24, 2.45) is 11.3 Å². The number of rotatable bonds is 17. The number of carbonyl (C=O) groups is 1. The van der Waals surface area contributed by atoms with Crippen LogP contribution in [0.25, 0.3) is 11.0 Å². The van der Waals surface area contributed by atoms with E-state index in [1.54, 1.807) is 44.8 Å². The van der Waals surface area contributed by atoms with Crippen LogP contribution in [-0.2, 0) is 21.3 Å². The van der Waals surface area contributed by atoms with Gasteiger partial charge in [0.1, 0.15) is 22.8 Å². The van der Waals surface area contributed by atoms with Crippen molar-refractivity contribution in [1.29, 1.82) is 0 Å². The molecule has 17 nitrogen and oxygen atoms in total. The van der Waals surface area contributed by atoms with Gasteiger partial charge >= 0.3 is 0 Å². The van der Waals surface area contributed by atoms with Crippen LogP contribution in [-0.4, -0.2) is 112 Å². The minimum atomic E-state index is -4.57. The molecule has 3 saturated heterocycles. The molecule has 0 radical (unpaired) electrons. The molecule has 2 aromatic heterocycles. The van der Waals surface area contributed by atoms with Crippen LogP contribution in [0.2, 0.25) is 0 Å². The Hall–Kier alpha value is -6.73. The van der Waals surface area contributed by atoms with Gasteiger partial charge in [0, 0.05) is 101 Å². The number of pyridine rings is 1. The number of nitrogens with one attached hydrogen (secondary N) is 3. The average Bonchev–Trinajstić information content (AvgIpc) is 3.88. The highest BCUT2D eigenvalue weighted by Gasteiger charge is 2.50. The summed E-state index contributed by atoms with van der Waals surface area (Å²) in [6.07, 6.45) is 9.24. The first-order valence-corrected chi connectivity index (χ1v) is 27.2. The Bertz CT molecular complexity index is 3110. The zero-order valence-electron chi connectivity index (χ0n) is 42.5. The summed E-state index contributed by atoms with van der Waals surface area (Å²) in [6, 6.07) is 28.3. The highest BCUT2D eigenvalue weighted by Crippen LogP contribution is 2.53. The first kappa shape index (κ1) is 50.8. The van der Waals surface area contributed by atoms with Crippen molar-refractivity contribution < 1.29 is 37.1 Å². The molecule has 74 heavy (non-hydrogen) atoms. The van der Waals surface area contributed by atoms with Crippen molar-refractivity contribution in [2.45, 2.75) is 81.8 Å². The molecule has 1 spiro atoms. The second-order valence-electron chi connectivity index (χ2n) is 20.7. The zero-order valence-corrected chi connectivity index (χ0v) is 43.4. The molecule has 18 heteroatoms. The number of benzene rings is 4. The second-order valence-corrected chi connectivity index (χ2v) is 22.4. The summed E-state index contributed by atoms with van der Waals surface area (Å²) in [4.78, 5) is 40.4. The summed E-state index contributed by atoms with van der Waals surface area (Å²) in [6.45, 7) is 11.6. The van der Waals surface area contributed by atoms with E-state index in [0.29, 0.717) is 43.1 Å². The number of piperazine rings is 1. The molecule has 4 aromatic carbocycles. The molecule has 0 unspecified atom stereocenters. The van der Waals surface area contributed by atoms with Crippen LogP contribution in [0.1, 0.15) is 91.4 Å². The fourth-order valence-corrected chi connectivity index (χ4v) is 12.6. The molecule has 1 saturated carbocycles. The highest BCUT2D eigenvalue weighted by molar-refractivity contribution is 7.90. The minimum absolute atomic E-state index is 0.0246. The van der Waals surface area contributed by atoms with Crippen LogP contribution in [0.4, 0.5) is 17.1 Å². The van der Waals surface area contributed by atoms with Gasteiger partial charge in [0.25, 0.3) is 21.6 Å². The number of nitrogens with zero attached hydrogens (tertiary/aromatic N) is 5. The van der Waals surface area contributed by atoms with Gasteiger partial charge in [0.05, 0.1) is 35.8 Å². The minimum Gasteiger partial charge on any atom is -0.493 e. The van der Waals surface area contributed by atoms with Gasteiger partial charge < -0.3 is 34.1 Å². The van der Waals surface area contributed by atoms with Crippen LogP contribution in [0.5, 0.6) is 23.0 Å². The molecule has 1 atom stereocenters. The SMILES string of the molecule is COc1ccc(CN2CCN(C3CC4(CCN(c5ccc(C(=O)NS(=O)(=O)c6ccc(NCC7CCOCC7)c([N+](=O)[O-])c6)c(Oc6cnc7[nH]ccc7c6)c5)CC4)C3)[C@H](c3ccccc3C(C)C)C2)cc1OC. The lowest BCUT2D eigenvalue weighted by Crippen LogP contribution is -2.60. The quantitative estimate of drug-likeness (QED) is 0.0577. The van der Waals surface area contributed by atoms with E-state index in [1.165, 1.54) is 28.8 Å². The maximum Gasteiger partial charge on any atom is 0.293 e. The lowest BCUT2D eigenvalue weighted by Gasteiger charge is -2.58. The van der Waals surface area contributed by atoms with Gasteiger partial charge in [0.2, 0.25) is 0 Å². The van der Waals surface area contributed by atoms with Crippen molar-refractivity contribution in [3.05, 3.63) is 136 Å². The third-order valence-corrected chi connectivity index (χ3v) is 17.1. The number of amides is 1. The third-order valence-electron chi connectivity index (χ3n) is 15.8. The number of carbonyl (C=O) groups excluding carboxylic acids is 1. The van der Waals surface area contributed by atoms with Crippen LogP contribution in [0, 0.1) is 21.4 Å². The van der Waals surface area contributed by atoms with Gasteiger partial charge in [-0.1, -0.05) is 44.2 Å². The molecule has 1 aliphatic carbocycles. The summed E-state index contributed by atoms with van der Waals surface area (Å²) in [5, 5.41) is 16.1. The Morgan fingerprint density at radius 3 is 2.46 bits per heavy atom. The molecule has 3 aliphatic heterocycles. The van der Waals surface area contributed by atoms with Crippen LogP contribution < -0.4 is 29.1 Å². The number of piperidine rings is 1. The zero-order chi connectivity index (χ0) is 51.6. The van der Waals surface area contributed by atoms with E-state index in [1.807, 2.05) is 18.2 Å². The number of fused-ring (bicyclic) bond motifs is 1. The molecule has 3 N–H and O–H groups in total. The van der Waals surface area contributed by atoms with Crippen molar-refractivity contribution in [2.75, 3.05) is 76.9 Å². The number of aromatic nitrogens is 2. The molecule has 4 fully saturated rings. The van der Waals surface area contributed by atoms with Crippen LogP contribution >= 0.6 is 0 Å². The molecule has 6 aromatic rings. The van der Waals surface area contributed by atoms with Gasteiger partial charge in [-0.3, -0.25) is 24.7 Å². The Morgan fingerprint density at radius 1 is 0.919 bits per heavy atom. The number of ether oxygens (including phenoxy) is 4. The van der Waals surface area contributed by atoms with Gasteiger partial charge in [0.15, 0.2) is 11.5 Å². The molecule has 4 aliphatic rings. The maximum atomic E-state index is 14.1. The number of hydrogen-bond acceptors (Lipinski definition) is 14. The summed E-state index contributed by atoms with van der Waals surface area (Å²) >= 11 is 0. The topological polar surface area (TPSA) is 194 Å². The van der Waals surface area contributed by atoms with Crippen molar-refractivity contribution in [1.82, 2.24) is 24.5 Å². The van der Waals surface area contributed by atoms with E-state index >= 15 is 0 Å². The van der Waals surface area contributed by atoms with E-state index in [2.05, 4.69) is 85.0 Å². The first-order valence-electron chi connectivity index (χ1n) is 25.7. The lowest BCUT2D eigenvalue weighted by molar-refractivity contribution is -0.384. The summed E-state index contributed by atoms with van der Waals surface area (Å²) in [7, 11) is -1.23.